The zero-order chi connectivity index (χ0) is 10.6. The lowest BCUT2D eigenvalue weighted by molar-refractivity contribution is 0.595. The van der Waals surface area contributed by atoms with Gasteiger partial charge in [0.2, 0.25) is 0 Å². The quantitative estimate of drug-likeness (QED) is 0.729. The minimum Gasteiger partial charge on any atom is -0.223 e. The van der Waals surface area contributed by atoms with Crippen LogP contribution >= 0.6 is 11.3 Å². The van der Waals surface area contributed by atoms with Crippen LogP contribution in [0.5, 0.6) is 0 Å². The molecule has 0 aromatic carbocycles. The van der Waals surface area contributed by atoms with E-state index in [2.05, 4.69) is 6.58 Å². The van der Waals surface area contributed by atoms with E-state index in [1.54, 1.807) is 17.5 Å². The maximum absolute atomic E-state index is 11.7. The second kappa shape index (κ2) is 4.75. The summed E-state index contributed by atoms with van der Waals surface area (Å²) >= 11 is 1.28. The first-order valence-corrected chi connectivity index (χ1v) is 6.96. The van der Waals surface area contributed by atoms with Gasteiger partial charge in [-0.25, -0.2) is 8.42 Å². The van der Waals surface area contributed by atoms with Crippen molar-refractivity contribution < 1.29 is 8.42 Å². The van der Waals surface area contributed by atoms with Gasteiger partial charge in [0.1, 0.15) is 4.21 Å². The van der Waals surface area contributed by atoms with E-state index in [-0.39, 0.29) is 5.75 Å². The van der Waals surface area contributed by atoms with Crippen molar-refractivity contribution in [2.24, 2.45) is 0 Å². The summed E-state index contributed by atoms with van der Waals surface area (Å²) in [4.78, 5) is 0. The van der Waals surface area contributed by atoms with Crippen LogP contribution < -0.4 is 0 Å². The molecular formula is C10H14O2S2. The lowest BCUT2D eigenvalue weighted by Crippen LogP contribution is -2.04. The minimum absolute atomic E-state index is 0.223. The van der Waals surface area contributed by atoms with Crippen LogP contribution in [0.15, 0.2) is 33.9 Å². The van der Waals surface area contributed by atoms with Crippen molar-refractivity contribution in [2.45, 2.75) is 24.0 Å². The molecule has 1 rings (SSSR count). The van der Waals surface area contributed by atoms with Crippen LogP contribution in [0.2, 0.25) is 0 Å². The van der Waals surface area contributed by atoms with E-state index in [9.17, 15) is 8.42 Å². The Morgan fingerprint density at radius 1 is 1.57 bits per heavy atom. The lowest BCUT2D eigenvalue weighted by atomic mass is 10.2. The van der Waals surface area contributed by atoms with Crippen molar-refractivity contribution in [3.05, 3.63) is 29.7 Å². The summed E-state index contributed by atoms with van der Waals surface area (Å²) < 4.78 is 23.8. The van der Waals surface area contributed by atoms with E-state index in [1.165, 1.54) is 11.3 Å². The number of thiophene rings is 1. The van der Waals surface area contributed by atoms with Gasteiger partial charge < -0.3 is 0 Å². The minimum atomic E-state index is -3.04. The molecule has 2 nitrogen and oxygen atoms in total. The van der Waals surface area contributed by atoms with Gasteiger partial charge in [0.05, 0.1) is 5.75 Å². The first kappa shape index (κ1) is 11.5. The Balaban J connectivity index is 2.56. The second-order valence-electron chi connectivity index (χ2n) is 3.31. The number of rotatable bonds is 5. The summed E-state index contributed by atoms with van der Waals surface area (Å²) in [6.07, 6.45) is 1.44. The van der Waals surface area contributed by atoms with E-state index >= 15 is 0 Å². The van der Waals surface area contributed by atoms with Gasteiger partial charge in [0.25, 0.3) is 0 Å². The zero-order valence-electron chi connectivity index (χ0n) is 8.19. The molecule has 0 fully saturated rings. The molecule has 0 bridgehead atoms. The van der Waals surface area contributed by atoms with Crippen LogP contribution in [-0.2, 0) is 9.84 Å². The van der Waals surface area contributed by atoms with Crippen LogP contribution in [0.25, 0.3) is 0 Å². The normalized spacial score (nSPS) is 11.5. The third kappa shape index (κ3) is 3.27. The van der Waals surface area contributed by atoms with Crippen molar-refractivity contribution in [1.82, 2.24) is 0 Å². The smallest absolute Gasteiger partial charge is 0.187 e. The van der Waals surface area contributed by atoms with Gasteiger partial charge in [-0.15, -0.1) is 17.9 Å². The second-order valence-corrected chi connectivity index (χ2v) is 6.60. The highest BCUT2D eigenvalue weighted by Crippen LogP contribution is 2.18. The van der Waals surface area contributed by atoms with E-state index in [0.717, 1.165) is 12.0 Å². The Kier molecular flexibility index (Phi) is 3.89. The van der Waals surface area contributed by atoms with Crippen molar-refractivity contribution in [2.75, 3.05) is 5.75 Å². The van der Waals surface area contributed by atoms with Crippen LogP contribution in [-0.4, -0.2) is 14.2 Å². The van der Waals surface area contributed by atoms with Crippen molar-refractivity contribution in [3.8, 4) is 0 Å². The third-order valence-electron chi connectivity index (χ3n) is 1.82. The molecule has 0 aliphatic heterocycles. The fourth-order valence-electron chi connectivity index (χ4n) is 1.11. The molecule has 0 aliphatic carbocycles. The first-order chi connectivity index (χ1) is 6.52. The molecule has 0 unspecified atom stereocenters. The van der Waals surface area contributed by atoms with Crippen molar-refractivity contribution in [3.63, 3.8) is 0 Å². The van der Waals surface area contributed by atoms with Gasteiger partial charge in [-0.2, -0.15) is 0 Å². The lowest BCUT2D eigenvalue weighted by Gasteiger charge is -2.01. The monoisotopic (exact) mass is 230 g/mol. The molecule has 0 aliphatic rings. The van der Waals surface area contributed by atoms with Crippen LogP contribution in [0.4, 0.5) is 0 Å². The fraction of sp³-hybridized carbons (Fsp3) is 0.400. The Hall–Kier alpha value is -0.610. The Morgan fingerprint density at radius 3 is 2.79 bits per heavy atom. The van der Waals surface area contributed by atoms with Crippen molar-refractivity contribution in [1.29, 1.82) is 0 Å². The summed E-state index contributed by atoms with van der Waals surface area (Å²) in [7, 11) is -3.04. The SMILES string of the molecule is C=C(C)CCCS(=O)(=O)c1cccs1. The molecule has 0 saturated carbocycles. The molecular weight excluding hydrogens is 216 g/mol. The van der Waals surface area contributed by atoms with Gasteiger partial charge >= 0.3 is 0 Å². The summed E-state index contributed by atoms with van der Waals surface area (Å²) in [6.45, 7) is 5.66. The first-order valence-electron chi connectivity index (χ1n) is 4.43. The molecule has 4 heteroatoms. The van der Waals surface area contributed by atoms with Gasteiger partial charge in [0, 0.05) is 0 Å². The number of hydrogen-bond donors (Lipinski definition) is 0. The molecule has 14 heavy (non-hydrogen) atoms. The number of sulfone groups is 1. The standard InChI is InChI=1S/C10H14O2S2/c1-9(2)5-4-8-14(11,12)10-6-3-7-13-10/h3,6-7H,1,4-5,8H2,2H3. The molecule has 0 atom stereocenters. The number of hydrogen-bond acceptors (Lipinski definition) is 3. The maximum atomic E-state index is 11.7. The molecule has 1 aromatic heterocycles. The largest absolute Gasteiger partial charge is 0.223 e. The summed E-state index contributed by atoms with van der Waals surface area (Å²) in [5, 5.41) is 1.78. The van der Waals surface area contributed by atoms with E-state index in [0.29, 0.717) is 10.6 Å². The molecule has 0 radical (unpaired) electrons. The Labute approximate surface area is 89.2 Å². The van der Waals surface area contributed by atoms with Crippen LogP contribution in [0.1, 0.15) is 19.8 Å². The summed E-state index contributed by atoms with van der Waals surface area (Å²) in [5.74, 6) is 0.223. The van der Waals surface area contributed by atoms with Gasteiger partial charge in [-0.1, -0.05) is 11.6 Å². The number of allylic oxidation sites excluding steroid dienone is 1. The maximum Gasteiger partial charge on any atom is 0.187 e. The van der Waals surface area contributed by atoms with Gasteiger partial charge in [-0.3, -0.25) is 0 Å². The van der Waals surface area contributed by atoms with Crippen molar-refractivity contribution >= 4 is 21.2 Å². The highest BCUT2D eigenvalue weighted by Gasteiger charge is 2.14. The third-order valence-corrected chi connectivity index (χ3v) is 5.11. The highest BCUT2D eigenvalue weighted by atomic mass is 32.2. The predicted octanol–water partition coefficient (Wildman–Crippen LogP) is 2.88. The van der Waals surface area contributed by atoms with Gasteiger partial charge in [-0.05, 0) is 31.2 Å². The molecule has 0 saturated heterocycles. The predicted molar refractivity (Wildman–Crippen MR) is 60.4 cm³/mol. The summed E-state index contributed by atoms with van der Waals surface area (Å²) in [6, 6.07) is 3.41. The molecule has 0 N–H and O–H groups in total. The van der Waals surface area contributed by atoms with E-state index < -0.39 is 9.84 Å². The Bertz CT molecular complexity index is 388. The Morgan fingerprint density at radius 2 is 2.29 bits per heavy atom. The molecule has 78 valence electrons. The van der Waals surface area contributed by atoms with E-state index in [1.807, 2.05) is 6.92 Å². The molecule has 0 spiro atoms. The fourth-order valence-corrected chi connectivity index (χ4v) is 3.57. The summed E-state index contributed by atoms with van der Waals surface area (Å²) in [5.41, 5.74) is 1.03. The van der Waals surface area contributed by atoms with E-state index in [4.69, 9.17) is 0 Å². The molecule has 1 aromatic rings. The average molecular weight is 230 g/mol. The van der Waals surface area contributed by atoms with Crippen LogP contribution in [0, 0.1) is 0 Å². The zero-order valence-corrected chi connectivity index (χ0v) is 9.83. The molecule has 0 amide bonds. The molecule has 1 heterocycles. The van der Waals surface area contributed by atoms with Gasteiger partial charge in [0.15, 0.2) is 9.84 Å². The topological polar surface area (TPSA) is 34.1 Å². The average Bonchev–Trinajstić information content (AvgIpc) is 2.54. The highest BCUT2D eigenvalue weighted by molar-refractivity contribution is 7.93. The van der Waals surface area contributed by atoms with Crippen LogP contribution in [0.3, 0.4) is 0 Å².